The lowest BCUT2D eigenvalue weighted by Crippen LogP contribution is -2.19. The molecule has 0 radical (unpaired) electrons. The molecule has 0 aromatic carbocycles. The number of hydrogen-bond donors (Lipinski definition) is 0. The number of imidazole rings is 1. The van der Waals surface area contributed by atoms with Crippen molar-refractivity contribution in [2.45, 2.75) is 30.6 Å². The highest BCUT2D eigenvalue weighted by molar-refractivity contribution is 9.10. The monoisotopic (exact) mass is 250 g/mol. The number of halogens is 2. The van der Waals surface area contributed by atoms with E-state index in [1.165, 1.54) is 0 Å². The van der Waals surface area contributed by atoms with Gasteiger partial charge in [-0.15, -0.1) is 11.6 Å². The van der Waals surface area contributed by atoms with Gasteiger partial charge in [-0.1, -0.05) is 15.9 Å². The van der Waals surface area contributed by atoms with E-state index >= 15 is 0 Å². The van der Waals surface area contributed by atoms with E-state index in [-0.39, 0.29) is 4.32 Å². The summed E-state index contributed by atoms with van der Waals surface area (Å²) < 4.78 is 2.15. The molecule has 0 aliphatic heterocycles. The molecular weight excluding hydrogens is 239 g/mol. The zero-order valence-corrected chi connectivity index (χ0v) is 9.56. The molecule has 12 heavy (non-hydrogen) atoms. The predicted molar refractivity (Wildman–Crippen MR) is 54.8 cm³/mol. The van der Waals surface area contributed by atoms with Crippen LogP contribution in [0.25, 0.3) is 0 Å². The molecule has 0 aliphatic rings. The Morgan fingerprint density at radius 2 is 2.33 bits per heavy atom. The van der Waals surface area contributed by atoms with Gasteiger partial charge in [-0.05, 0) is 13.8 Å². The van der Waals surface area contributed by atoms with Crippen LogP contribution in [0.1, 0.15) is 19.7 Å². The number of aromatic nitrogens is 2. The van der Waals surface area contributed by atoms with Crippen LogP contribution in [-0.2, 0) is 12.4 Å². The third-order valence-electron chi connectivity index (χ3n) is 1.47. The van der Waals surface area contributed by atoms with Crippen molar-refractivity contribution in [1.29, 1.82) is 0 Å². The summed E-state index contributed by atoms with van der Waals surface area (Å²) in [6.45, 7) is 5.12. The average molecular weight is 252 g/mol. The van der Waals surface area contributed by atoms with Gasteiger partial charge >= 0.3 is 0 Å². The maximum absolute atomic E-state index is 5.70. The standard InChI is InChI=1S/C8H12BrClN2/c1-8(2,9)6-12-4-3-11-7(12)5-10/h3-4H,5-6H2,1-2H3. The Morgan fingerprint density at radius 3 is 2.83 bits per heavy atom. The molecular formula is C8H12BrClN2. The third-order valence-corrected chi connectivity index (χ3v) is 1.96. The van der Waals surface area contributed by atoms with E-state index in [4.69, 9.17) is 11.6 Å². The van der Waals surface area contributed by atoms with E-state index in [0.717, 1.165) is 12.4 Å². The molecule has 1 rings (SSSR count). The first-order chi connectivity index (χ1) is 5.53. The number of rotatable bonds is 3. The average Bonchev–Trinajstić information content (AvgIpc) is 2.31. The molecule has 0 atom stereocenters. The Labute approximate surface area is 86.1 Å². The zero-order valence-electron chi connectivity index (χ0n) is 7.22. The van der Waals surface area contributed by atoms with Crippen molar-refractivity contribution < 1.29 is 0 Å². The van der Waals surface area contributed by atoms with Gasteiger partial charge in [0, 0.05) is 23.3 Å². The molecule has 0 aliphatic carbocycles. The maximum Gasteiger partial charge on any atom is 0.123 e. The van der Waals surface area contributed by atoms with Crippen LogP contribution >= 0.6 is 27.5 Å². The molecule has 1 aromatic rings. The highest BCUT2D eigenvalue weighted by atomic mass is 79.9. The highest BCUT2D eigenvalue weighted by Gasteiger charge is 2.14. The fraction of sp³-hybridized carbons (Fsp3) is 0.625. The third kappa shape index (κ3) is 2.79. The van der Waals surface area contributed by atoms with Gasteiger partial charge in [-0.25, -0.2) is 4.98 Å². The Balaban J connectivity index is 2.75. The summed E-state index contributed by atoms with van der Waals surface area (Å²) >= 11 is 9.28. The van der Waals surface area contributed by atoms with E-state index in [1.54, 1.807) is 6.20 Å². The minimum atomic E-state index is 0.0918. The first-order valence-electron chi connectivity index (χ1n) is 3.78. The second-order valence-electron chi connectivity index (χ2n) is 3.32. The van der Waals surface area contributed by atoms with Crippen molar-refractivity contribution >= 4 is 27.5 Å². The fourth-order valence-electron chi connectivity index (χ4n) is 1.02. The highest BCUT2D eigenvalue weighted by Crippen LogP contribution is 2.19. The summed E-state index contributed by atoms with van der Waals surface area (Å²) in [7, 11) is 0. The van der Waals surface area contributed by atoms with E-state index < -0.39 is 0 Å². The van der Waals surface area contributed by atoms with Gasteiger partial charge in [0.1, 0.15) is 5.82 Å². The molecule has 0 spiro atoms. The molecule has 0 saturated carbocycles. The van der Waals surface area contributed by atoms with Crippen molar-refractivity contribution in [1.82, 2.24) is 9.55 Å². The van der Waals surface area contributed by atoms with Crippen LogP contribution in [0.15, 0.2) is 12.4 Å². The topological polar surface area (TPSA) is 17.8 Å². The van der Waals surface area contributed by atoms with Gasteiger partial charge in [0.2, 0.25) is 0 Å². The summed E-state index contributed by atoms with van der Waals surface area (Å²) in [5, 5.41) is 0. The van der Waals surface area contributed by atoms with Gasteiger partial charge in [0.25, 0.3) is 0 Å². The van der Waals surface area contributed by atoms with E-state index in [0.29, 0.717) is 5.88 Å². The van der Waals surface area contributed by atoms with E-state index in [1.807, 2.05) is 6.20 Å². The quantitative estimate of drug-likeness (QED) is 0.756. The first-order valence-corrected chi connectivity index (χ1v) is 5.10. The first kappa shape index (κ1) is 10.1. The molecule has 0 saturated heterocycles. The summed E-state index contributed by atoms with van der Waals surface area (Å²) in [6, 6.07) is 0. The Hall–Kier alpha value is -0.0200. The molecule has 0 unspecified atom stereocenters. The SMILES string of the molecule is CC(C)(Br)Cn1ccnc1CCl. The molecule has 68 valence electrons. The van der Waals surface area contributed by atoms with E-state index in [9.17, 15) is 0 Å². The van der Waals surface area contributed by atoms with Gasteiger partial charge in [-0.2, -0.15) is 0 Å². The van der Waals surface area contributed by atoms with Crippen LogP contribution < -0.4 is 0 Å². The van der Waals surface area contributed by atoms with Crippen LogP contribution in [0.4, 0.5) is 0 Å². The lowest BCUT2D eigenvalue weighted by atomic mass is 10.2. The van der Waals surface area contributed by atoms with E-state index in [2.05, 4.69) is 39.3 Å². The molecule has 0 N–H and O–H groups in total. The zero-order chi connectivity index (χ0) is 9.19. The van der Waals surface area contributed by atoms with Gasteiger partial charge in [0.15, 0.2) is 0 Å². The number of alkyl halides is 2. The smallest absolute Gasteiger partial charge is 0.123 e. The summed E-state index contributed by atoms with van der Waals surface area (Å²) in [5.74, 6) is 1.39. The van der Waals surface area contributed by atoms with Crippen molar-refractivity contribution in [3.05, 3.63) is 18.2 Å². The molecule has 2 nitrogen and oxygen atoms in total. The normalized spacial score (nSPS) is 12.0. The summed E-state index contributed by atoms with van der Waals surface area (Å²) in [6.07, 6.45) is 3.72. The van der Waals surface area contributed by atoms with Crippen LogP contribution in [-0.4, -0.2) is 13.9 Å². The van der Waals surface area contributed by atoms with Crippen molar-refractivity contribution in [2.24, 2.45) is 0 Å². The van der Waals surface area contributed by atoms with Crippen LogP contribution in [0, 0.1) is 0 Å². The fourth-order valence-corrected chi connectivity index (χ4v) is 1.51. The van der Waals surface area contributed by atoms with Crippen LogP contribution in [0.5, 0.6) is 0 Å². The molecule has 0 amide bonds. The summed E-state index contributed by atoms with van der Waals surface area (Å²) in [5.41, 5.74) is 0. The van der Waals surface area contributed by atoms with Crippen molar-refractivity contribution in [3.63, 3.8) is 0 Å². The van der Waals surface area contributed by atoms with Gasteiger partial charge < -0.3 is 4.57 Å². The second-order valence-corrected chi connectivity index (χ2v) is 5.74. The minimum absolute atomic E-state index is 0.0918. The number of hydrogen-bond acceptors (Lipinski definition) is 1. The summed E-state index contributed by atoms with van der Waals surface area (Å²) in [4.78, 5) is 4.13. The molecule has 0 fully saturated rings. The Bertz CT molecular complexity index is 252. The second kappa shape index (κ2) is 3.79. The van der Waals surface area contributed by atoms with Gasteiger partial charge in [0.05, 0.1) is 5.88 Å². The number of nitrogens with zero attached hydrogens (tertiary/aromatic N) is 2. The van der Waals surface area contributed by atoms with Gasteiger partial charge in [-0.3, -0.25) is 0 Å². The Kier molecular flexibility index (Phi) is 3.18. The molecule has 1 aromatic heterocycles. The van der Waals surface area contributed by atoms with Crippen LogP contribution in [0.2, 0.25) is 0 Å². The lowest BCUT2D eigenvalue weighted by molar-refractivity contribution is 0.563. The van der Waals surface area contributed by atoms with Crippen molar-refractivity contribution in [3.8, 4) is 0 Å². The molecule has 0 bridgehead atoms. The van der Waals surface area contributed by atoms with Crippen molar-refractivity contribution in [2.75, 3.05) is 0 Å². The largest absolute Gasteiger partial charge is 0.333 e. The molecule has 4 heteroatoms. The minimum Gasteiger partial charge on any atom is -0.333 e. The maximum atomic E-state index is 5.70. The van der Waals surface area contributed by atoms with Crippen LogP contribution in [0.3, 0.4) is 0 Å². The lowest BCUT2D eigenvalue weighted by Gasteiger charge is -2.17. The predicted octanol–water partition coefficient (Wildman–Crippen LogP) is 2.80. The molecule has 1 heterocycles. The Morgan fingerprint density at radius 1 is 1.67 bits per heavy atom.